The fraction of sp³-hybridized carbons (Fsp3) is 0.389. The predicted octanol–water partition coefficient (Wildman–Crippen LogP) is 1.60. The Morgan fingerprint density at radius 2 is 2.10 bits per heavy atom. The van der Waals surface area contributed by atoms with E-state index in [9.17, 15) is 13.2 Å². The predicted molar refractivity (Wildman–Crippen MR) is 110 cm³/mol. The maximum Gasteiger partial charge on any atom is 0.295 e. The Morgan fingerprint density at radius 3 is 2.77 bits per heavy atom. The van der Waals surface area contributed by atoms with Gasteiger partial charge < -0.3 is 10.1 Å². The summed E-state index contributed by atoms with van der Waals surface area (Å²) in [5.74, 6) is 0.122. The highest BCUT2D eigenvalue weighted by atomic mass is 35.5. The molecule has 10 nitrogen and oxygen atoms in total. The maximum atomic E-state index is 13.1. The molecule has 0 radical (unpaired) electrons. The smallest absolute Gasteiger partial charge is 0.295 e. The van der Waals surface area contributed by atoms with Crippen LogP contribution in [0.15, 0.2) is 34.2 Å². The summed E-state index contributed by atoms with van der Waals surface area (Å²) in [6.45, 7) is 2.72. The van der Waals surface area contributed by atoms with Crippen LogP contribution in [0, 0.1) is 0 Å². The van der Waals surface area contributed by atoms with Crippen LogP contribution in [-0.4, -0.2) is 51.9 Å². The summed E-state index contributed by atoms with van der Waals surface area (Å²) in [6.07, 6.45) is 3.45. The van der Waals surface area contributed by atoms with Crippen LogP contribution < -0.4 is 10.9 Å². The topological polar surface area (TPSA) is 129 Å². The number of fused-ring (bicyclic) bond motifs is 1. The average molecular weight is 451 g/mol. The molecule has 0 bridgehead atoms. The highest BCUT2D eigenvalue weighted by molar-refractivity contribution is 7.91. The van der Waals surface area contributed by atoms with E-state index in [1.54, 1.807) is 13.0 Å². The second-order valence-corrected chi connectivity index (χ2v) is 9.36. The maximum absolute atomic E-state index is 13.1. The minimum atomic E-state index is -3.32. The number of anilines is 1. The first kappa shape index (κ1) is 20.6. The van der Waals surface area contributed by atoms with Crippen LogP contribution in [0.2, 0.25) is 5.28 Å². The number of hydrogen-bond donors (Lipinski definition) is 1. The highest BCUT2D eigenvalue weighted by Gasteiger charge is 2.24. The van der Waals surface area contributed by atoms with Gasteiger partial charge in [-0.2, -0.15) is 4.98 Å². The highest BCUT2D eigenvalue weighted by Crippen LogP contribution is 2.22. The zero-order valence-corrected chi connectivity index (χ0v) is 17.6. The molecule has 0 saturated carbocycles. The van der Waals surface area contributed by atoms with E-state index in [2.05, 4.69) is 25.3 Å². The monoisotopic (exact) mass is 450 g/mol. The zero-order valence-electron chi connectivity index (χ0n) is 16.1. The Kier molecular flexibility index (Phi) is 5.67. The van der Waals surface area contributed by atoms with Gasteiger partial charge in [0.05, 0.1) is 41.7 Å². The molecular weight excluding hydrogens is 432 g/mol. The lowest BCUT2D eigenvalue weighted by Crippen LogP contribution is -2.30. The molecule has 158 valence electrons. The van der Waals surface area contributed by atoms with Crippen LogP contribution >= 0.6 is 11.6 Å². The number of hydrogen-bond acceptors (Lipinski definition) is 9. The number of nitrogens with zero attached hydrogens (tertiary/aromatic N) is 5. The molecule has 0 amide bonds. The fourth-order valence-electron chi connectivity index (χ4n) is 3.20. The van der Waals surface area contributed by atoms with E-state index in [4.69, 9.17) is 16.3 Å². The van der Waals surface area contributed by atoms with Gasteiger partial charge >= 0.3 is 0 Å². The Balaban J connectivity index is 1.65. The second-order valence-electron chi connectivity index (χ2n) is 6.74. The standard InChI is InChI=1S/C18H19ClN6O4S/c1-2-30(27,28)13-4-3-11(20-8-13)7-21-15-17(26)25(12-5-6-29-10-12)16-14(23-15)9-22-18(19)24-16/h3-4,8-9,12H,2,5-7,10H2,1H3,(H,21,23)/t12-/m1/s1. The van der Waals surface area contributed by atoms with Crippen LogP contribution in [-0.2, 0) is 21.1 Å². The molecule has 4 rings (SSSR count). The normalized spacial score (nSPS) is 16.8. The van der Waals surface area contributed by atoms with Gasteiger partial charge in [0, 0.05) is 12.8 Å². The molecule has 0 aliphatic carbocycles. The molecule has 1 aliphatic rings. The van der Waals surface area contributed by atoms with E-state index in [1.165, 1.54) is 23.0 Å². The molecule has 4 heterocycles. The molecule has 1 atom stereocenters. The number of rotatable bonds is 6. The molecule has 3 aromatic rings. The third kappa shape index (κ3) is 4.00. The molecule has 12 heteroatoms. The van der Waals surface area contributed by atoms with Crippen molar-refractivity contribution in [3.8, 4) is 0 Å². The first-order chi connectivity index (χ1) is 14.4. The SMILES string of the molecule is CCS(=O)(=O)c1ccc(CNc2nc3cnc(Cl)nc3n([C@@H]3CCOC3)c2=O)nc1. The number of nitrogens with one attached hydrogen (secondary N) is 1. The number of ether oxygens (including phenoxy) is 1. The van der Waals surface area contributed by atoms with E-state index in [0.29, 0.717) is 36.5 Å². The van der Waals surface area contributed by atoms with Gasteiger partial charge in [-0.3, -0.25) is 14.3 Å². The fourth-order valence-corrected chi connectivity index (χ4v) is 4.15. The number of sulfone groups is 1. The zero-order chi connectivity index (χ0) is 21.3. The van der Waals surface area contributed by atoms with Crippen LogP contribution in [0.1, 0.15) is 25.1 Å². The first-order valence-electron chi connectivity index (χ1n) is 9.33. The van der Waals surface area contributed by atoms with Gasteiger partial charge in [0.2, 0.25) is 5.28 Å². The number of pyridine rings is 1. The molecule has 1 fully saturated rings. The van der Waals surface area contributed by atoms with Crippen molar-refractivity contribution in [2.75, 3.05) is 24.3 Å². The molecule has 0 aromatic carbocycles. The summed E-state index contributed by atoms with van der Waals surface area (Å²) >= 11 is 5.92. The number of aromatic nitrogens is 5. The largest absolute Gasteiger partial charge is 0.379 e. The van der Waals surface area contributed by atoms with Crippen molar-refractivity contribution < 1.29 is 13.2 Å². The first-order valence-corrected chi connectivity index (χ1v) is 11.4. The molecule has 1 saturated heterocycles. The average Bonchev–Trinajstić information content (AvgIpc) is 3.27. The van der Waals surface area contributed by atoms with Crippen LogP contribution in [0.3, 0.4) is 0 Å². The van der Waals surface area contributed by atoms with E-state index < -0.39 is 9.84 Å². The molecule has 3 aromatic heterocycles. The minimum absolute atomic E-state index is 0.00377. The van der Waals surface area contributed by atoms with Crippen molar-refractivity contribution in [2.24, 2.45) is 0 Å². The summed E-state index contributed by atoms with van der Waals surface area (Å²) in [6, 6.07) is 2.93. The van der Waals surface area contributed by atoms with Crippen LogP contribution in [0.4, 0.5) is 5.82 Å². The lowest BCUT2D eigenvalue weighted by atomic mass is 10.2. The Bertz CT molecular complexity index is 1240. The Hall–Kier alpha value is -2.63. The summed E-state index contributed by atoms with van der Waals surface area (Å²) in [4.78, 5) is 29.9. The van der Waals surface area contributed by atoms with Crippen molar-refractivity contribution in [3.05, 3.63) is 45.9 Å². The Labute approximate surface area is 177 Å². The van der Waals surface area contributed by atoms with Crippen LogP contribution in [0.5, 0.6) is 0 Å². The molecule has 0 unspecified atom stereocenters. The van der Waals surface area contributed by atoms with Gasteiger partial charge in [-0.05, 0) is 30.2 Å². The molecule has 1 N–H and O–H groups in total. The van der Waals surface area contributed by atoms with Crippen molar-refractivity contribution in [1.82, 2.24) is 24.5 Å². The molecule has 1 aliphatic heterocycles. The summed E-state index contributed by atoms with van der Waals surface area (Å²) < 4.78 is 30.8. The van der Waals surface area contributed by atoms with Gasteiger partial charge in [-0.1, -0.05) is 6.92 Å². The van der Waals surface area contributed by atoms with Gasteiger partial charge in [-0.25, -0.2) is 18.4 Å². The van der Waals surface area contributed by atoms with Gasteiger partial charge in [0.1, 0.15) is 5.52 Å². The molecule has 30 heavy (non-hydrogen) atoms. The van der Waals surface area contributed by atoms with E-state index >= 15 is 0 Å². The van der Waals surface area contributed by atoms with Gasteiger partial charge in [0.25, 0.3) is 5.56 Å². The Morgan fingerprint density at radius 1 is 1.27 bits per heavy atom. The summed E-state index contributed by atoms with van der Waals surface area (Å²) in [5, 5.41) is 3.02. The van der Waals surface area contributed by atoms with Crippen molar-refractivity contribution in [1.29, 1.82) is 0 Å². The van der Waals surface area contributed by atoms with Crippen molar-refractivity contribution in [2.45, 2.75) is 30.8 Å². The lowest BCUT2D eigenvalue weighted by Gasteiger charge is -2.16. The summed E-state index contributed by atoms with van der Waals surface area (Å²) in [5.41, 5.74) is 0.992. The molecular formula is C18H19ClN6O4S. The minimum Gasteiger partial charge on any atom is -0.379 e. The van der Waals surface area contributed by atoms with Gasteiger partial charge in [0.15, 0.2) is 21.3 Å². The lowest BCUT2D eigenvalue weighted by molar-refractivity contribution is 0.186. The number of halogens is 1. The summed E-state index contributed by atoms with van der Waals surface area (Å²) in [7, 11) is -3.32. The quantitative estimate of drug-likeness (QED) is 0.556. The third-order valence-electron chi connectivity index (χ3n) is 4.85. The molecule has 0 spiro atoms. The van der Waals surface area contributed by atoms with Crippen molar-refractivity contribution >= 4 is 38.4 Å². The third-order valence-corrected chi connectivity index (χ3v) is 6.75. The van der Waals surface area contributed by atoms with Crippen molar-refractivity contribution in [3.63, 3.8) is 0 Å². The van der Waals surface area contributed by atoms with E-state index in [1.807, 2.05) is 0 Å². The van der Waals surface area contributed by atoms with Crippen LogP contribution in [0.25, 0.3) is 11.2 Å². The van der Waals surface area contributed by atoms with Gasteiger partial charge in [-0.15, -0.1) is 0 Å². The van der Waals surface area contributed by atoms with E-state index in [-0.39, 0.29) is 39.9 Å². The second kappa shape index (κ2) is 8.25. The van der Waals surface area contributed by atoms with E-state index in [0.717, 1.165) is 0 Å².